The van der Waals surface area contributed by atoms with E-state index in [2.05, 4.69) is 55.6 Å². The molecular weight excluding hydrogens is 743 g/mol. The summed E-state index contributed by atoms with van der Waals surface area (Å²) in [5, 5.41) is 11.1. The summed E-state index contributed by atoms with van der Waals surface area (Å²) in [6.07, 6.45) is 62.9. The first kappa shape index (κ1) is 57.6. The summed E-state index contributed by atoms with van der Waals surface area (Å²) in [6, 6.07) is 0. The Kier molecular flexibility index (Phi) is 47.3. The Balaban J connectivity index is 4.09. The van der Waals surface area contributed by atoms with Crippen molar-refractivity contribution in [2.75, 3.05) is 6.54 Å². The summed E-state index contributed by atoms with van der Waals surface area (Å²) < 4.78 is 6.06. The van der Waals surface area contributed by atoms with Crippen LogP contribution in [0.3, 0.4) is 0 Å². The summed E-state index contributed by atoms with van der Waals surface area (Å²) >= 11 is 0. The molecule has 0 radical (unpaired) electrons. The molecule has 0 rings (SSSR count). The Morgan fingerprint density at radius 1 is 0.433 bits per heavy atom. The van der Waals surface area contributed by atoms with E-state index in [1.165, 1.54) is 167 Å². The molecule has 0 aliphatic carbocycles. The van der Waals surface area contributed by atoms with E-state index >= 15 is 0 Å². The van der Waals surface area contributed by atoms with E-state index in [0.717, 1.165) is 83.5 Å². The first-order valence-electron chi connectivity index (χ1n) is 26.1. The topological polar surface area (TPSA) is 92.7 Å². The van der Waals surface area contributed by atoms with Crippen molar-refractivity contribution in [2.24, 2.45) is 0 Å². The van der Waals surface area contributed by atoms with Gasteiger partial charge < -0.3 is 15.2 Å². The van der Waals surface area contributed by atoms with E-state index in [1.54, 1.807) is 0 Å². The lowest BCUT2D eigenvalue weighted by Crippen LogP contribution is -2.28. The lowest BCUT2D eigenvalue weighted by atomic mass is 10.0. The Bertz CT molecular complexity index is 1020. The molecule has 0 aromatic rings. The normalized spacial score (nSPS) is 12.3. The predicted octanol–water partition coefficient (Wildman–Crippen LogP) is 16.8. The number of carboxylic acid groups (broad SMARTS) is 1. The Labute approximate surface area is 372 Å². The number of allylic oxidation sites excluding steroid dienone is 6. The van der Waals surface area contributed by atoms with Crippen LogP contribution in [0, 0.1) is 0 Å². The largest absolute Gasteiger partial charge is 0.480 e. The standard InChI is InChI=1S/C54H99NO5/c1-3-5-7-9-11-13-15-17-19-20-21-22-23-24-25-26-28-30-32-34-36-41-45-49-54(59)60-51(47-43-39-37-40-44-48-52(56)55-50-53(57)58)46-42-38-35-33-31-29-27-18-16-14-12-10-8-6-4-2/h16,18,20-21,29,31,51H,3-15,17,19,22-28,30,32-50H2,1-2H3,(H,55,56)(H,57,58)/b18-16-,21-20-,31-29-. The smallest absolute Gasteiger partial charge is 0.322 e. The molecule has 0 aromatic heterocycles. The highest BCUT2D eigenvalue weighted by Gasteiger charge is 2.14. The van der Waals surface area contributed by atoms with Gasteiger partial charge in [-0.05, 0) is 96.3 Å². The quantitative estimate of drug-likeness (QED) is 0.0362. The average Bonchev–Trinajstić information content (AvgIpc) is 3.24. The molecule has 2 N–H and O–H groups in total. The molecule has 0 heterocycles. The maximum absolute atomic E-state index is 12.8. The molecule has 1 unspecified atom stereocenters. The van der Waals surface area contributed by atoms with E-state index in [-0.39, 0.29) is 24.5 Å². The molecule has 0 saturated carbocycles. The van der Waals surface area contributed by atoms with Crippen LogP contribution in [0.2, 0.25) is 0 Å². The second-order valence-corrected chi connectivity index (χ2v) is 17.8. The van der Waals surface area contributed by atoms with Crippen molar-refractivity contribution >= 4 is 17.8 Å². The molecular formula is C54H99NO5. The zero-order valence-corrected chi connectivity index (χ0v) is 39.8. The number of nitrogens with one attached hydrogen (secondary N) is 1. The minimum atomic E-state index is -1.02. The summed E-state index contributed by atoms with van der Waals surface area (Å²) in [4.78, 5) is 35.2. The Morgan fingerprint density at radius 3 is 1.18 bits per heavy atom. The number of carbonyl (C=O) groups excluding carboxylic acids is 2. The van der Waals surface area contributed by atoms with E-state index in [4.69, 9.17) is 9.84 Å². The minimum absolute atomic E-state index is 0.00273. The molecule has 6 heteroatoms. The van der Waals surface area contributed by atoms with Gasteiger partial charge in [0.15, 0.2) is 0 Å². The first-order chi connectivity index (χ1) is 29.5. The van der Waals surface area contributed by atoms with Gasteiger partial charge in [-0.15, -0.1) is 0 Å². The monoisotopic (exact) mass is 842 g/mol. The highest BCUT2D eigenvalue weighted by atomic mass is 16.5. The number of rotatable bonds is 48. The van der Waals surface area contributed by atoms with Crippen molar-refractivity contribution in [3.8, 4) is 0 Å². The molecule has 6 nitrogen and oxygen atoms in total. The van der Waals surface area contributed by atoms with Crippen LogP contribution in [0.25, 0.3) is 0 Å². The fourth-order valence-corrected chi connectivity index (χ4v) is 7.90. The molecule has 350 valence electrons. The highest BCUT2D eigenvalue weighted by Crippen LogP contribution is 2.19. The minimum Gasteiger partial charge on any atom is -0.480 e. The molecule has 0 aliphatic rings. The molecule has 60 heavy (non-hydrogen) atoms. The number of esters is 1. The number of carbonyl (C=O) groups is 3. The van der Waals surface area contributed by atoms with Gasteiger partial charge in [0, 0.05) is 12.8 Å². The summed E-state index contributed by atoms with van der Waals surface area (Å²) in [7, 11) is 0. The number of ether oxygens (including phenoxy) is 1. The van der Waals surface area contributed by atoms with Crippen molar-refractivity contribution in [2.45, 2.75) is 283 Å². The van der Waals surface area contributed by atoms with Crippen LogP contribution in [0.5, 0.6) is 0 Å². The van der Waals surface area contributed by atoms with Crippen LogP contribution in [-0.2, 0) is 19.1 Å². The molecule has 0 aromatic carbocycles. The van der Waals surface area contributed by atoms with Crippen LogP contribution in [0.1, 0.15) is 277 Å². The van der Waals surface area contributed by atoms with Crippen LogP contribution in [-0.4, -0.2) is 35.6 Å². The maximum atomic E-state index is 12.8. The van der Waals surface area contributed by atoms with Gasteiger partial charge in [-0.1, -0.05) is 204 Å². The first-order valence-corrected chi connectivity index (χ1v) is 26.1. The zero-order valence-electron chi connectivity index (χ0n) is 39.8. The molecule has 1 atom stereocenters. The average molecular weight is 842 g/mol. The van der Waals surface area contributed by atoms with Gasteiger partial charge in [0.05, 0.1) is 0 Å². The van der Waals surface area contributed by atoms with Gasteiger partial charge in [0.25, 0.3) is 0 Å². The van der Waals surface area contributed by atoms with Crippen molar-refractivity contribution in [3.05, 3.63) is 36.5 Å². The number of hydrogen-bond donors (Lipinski definition) is 2. The van der Waals surface area contributed by atoms with E-state index < -0.39 is 5.97 Å². The zero-order chi connectivity index (χ0) is 43.7. The number of carboxylic acids is 1. The van der Waals surface area contributed by atoms with Crippen LogP contribution < -0.4 is 5.32 Å². The fourth-order valence-electron chi connectivity index (χ4n) is 7.90. The molecule has 0 bridgehead atoms. The Morgan fingerprint density at radius 2 is 0.767 bits per heavy atom. The van der Waals surface area contributed by atoms with Crippen molar-refractivity contribution < 1.29 is 24.2 Å². The third kappa shape index (κ3) is 48.3. The van der Waals surface area contributed by atoms with Gasteiger partial charge in [-0.2, -0.15) is 0 Å². The molecule has 0 spiro atoms. The van der Waals surface area contributed by atoms with Crippen molar-refractivity contribution in [1.82, 2.24) is 5.32 Å². The lowest BCUT2D eigenvalue weighted by Gasteiger charge is -2.18. The van der Waals surface area contributed by atoms with Gasteiger partial charge in [-0.25, -0.2) is 0 Å². The third-order valence-corrected chi connectivity index (χ3v) is 11.8. The molecule has 0 fully saturated rings. The van der Waals surface area contributed by atoms with Crippen LogP contribution >= 0.6 is 0 Å². The SMILES string of the molecule is CCCCCCC/C=C\C/C=C\CCCCCC(CCCCCCCC(=O)NCC(=O)O)OC(=O)CCCCCCCCCCCCC/C=C\CCCCCCCCCC. The fraction of sp³-hybridized carbons (Fsp3) is 0.833. The van der Waals surface area contributed by atoms with Gasteiger partial charge in [0.1, 0.15) is 12.6 Å². The third-order valence-electron chi connectivity index (χ3n) is 11.8. The van der Waals surface area contributed by atoms with Crippen molar-refractivity contribution in [3.63, 3.8) is 0 Å². The molecule has 1 amide bonds. The molecule has 0 saturated heterocycles. The summed E-state index contributed by atoms with van der Waals surface area (Å²) in [5.41, 5.74) is 0. The molecule has 0 aliphatic heterocycles. The number of aliphatic carboxylic acids is 1. The summed E-state index contributed by atoms with van der Waals surface area (Å²) in [5.74, 6) is -1.24. The van der Waals surface area contributed by atoms with E-state index in [0.29, 0.717) is 12.8 Å². The summed E-state index contributed by atoms with van der Waals surface area (Å²) in [6.45, 7) is 4.24. The number of hydrogen-bond acceptors (Lipinski definition) is 4. The number of amides is 1. The second-order valence-electron chi connectivity index (χ2n) is 17.8. The Hall–Kier alpha value is -2.37. The van der Waals surface area contributed by atoms with Gasteiger partial charge >= 0.3 is 11.9 Å². The maximum Gasteiger partial charge on any atom is 0.322 e. The number of unbranched alkanes of at least 4 members (excludes halogenated alkanes) is 31. The van der Waals surface area contributed by atoms with Crippen molar-refractivity contribution in [1.29, 1.82) is 0 Å². The second kappa shape index (κ2) is 49.3. The highest BCUT2D eigenvalue weighted by molar-refractivity contribution is 5.80. The van der Waals surface area contributed by atoms with Gasteiger partial charge in [0.2, 0.25) is 5.91 Å². The van der Waals surface area contributed by atoms with E-state index in [9.17, 15) is 14.4 Å². The van der Waals surface area contributed by atoms with Crippen LogP contribution in [0.15, 0.2) is 36.5 Å². The van der Waals surface area contributed by atoms with Crippen LogP contribution in [0.4, 0.5) is 0 Å². The van der Waals surface area contributed by atoms with E-state index in [1.807, 2.05) is 0 Å². The van der Waals surface area contributed by atoms with Gasteiger partial charge in [-0.3, -0.25) is 14.4 Å². The predicted molar refractivity (Wildman–Crippen MR) is 259 cm³/mol. The lowest BCUT2D eigenvalue weighted by molar-refractivity contribution is -0.150.